The fourth-order valence-corrected chi connectivity index (χ4v) is 8.48. The van der Waals surface area contributed by atoms with Gasteiger partial charge in [-0.25, -0.2) is 0 Å². The standard InChI is InChI=1S/C28H42O4/c1-7-19-11-12-23-26(32-18(4)30)20(13-15-27(19,23)5)21-16-24-25(31-17(3)29)10-9-14-28(24,6)22(21)8-2/h8,11,20-21,23-26H,7,9-10,12-16H2,1-6H3/b22-8-/t20?,21?,23?,24?,25-,26-,27+,28+/m0/s1. The van der Waals surface area contributed by atoms with Gasteiger partial charge in [-0.05, 0) is 75.0 Å². The minimum absolute atomic E-state index is 0.00655. The van der Waals surface area contributed by atoms with Crippen LogP contribution in [-0.2, 0) is 19.1 Å². The van der Waals surface area contributed by atoms with Crippen LogP contribution in [0.15, 0.2) is 23.3 Å². The van der Waals surface area contributed by atoms with Gasteiger partial charge in [-0.15, -0.1) is 0 Å². The Balaban J connectivity index is 1.67. The average Bonchev–Trinajstić information content (AvgIpc) is 3.21. The molecule has 4 unspecified atom stereocenters. The Morgan fingerprint density at radius 2 is 1.78 bits per heavy atom. The second-order valence-electron chi connectivity index (χ2n) is 11.3. The second-order valence-corrected chi connectivity index (χ2v) is 11.3. The monoisotopic (exact) mass is 442 g/mol. The molecule has 4 nitrogen and oxygen atoms in total. The third-order valence-electron chi connectivity index (χ3n) is 9.83. The molecule has 32 heavy (non-hydrogen) atoms. The van der Waals surface area contributed by atoms with E-state index in [4.69, 9.17) is 9.47 Å². The van der Waals surface area contributed by atoms with E-state index in [9.17, 15) is 9.59 Å². The van der Waals surface area contributed by atoms with Crippen molar-refractivity contribution in [1.29, 1.82) is 0 Å². The van der Waals surface area contributed by atoms with Crippen LogP contribution in [0.3, 0.4) is 0 Å². The molecule has 178 valence electrons. The predicted molar refractivity (Wildman–Crippen MR) is 126 cm³/mol. The zero-order valence-electron chi connectivity index (χ0n) is 20.9. The van der Waals surface area contributed by atoms with E-state index in [2.05, 4.69) is 39.8 Å². The van der Waals surface area contributed by atoms with Gasteiger partial charge in [-0.2, -0.15) is 0 Å². The molecule has 0 aromatic carbocycles. The van der Waals surface area contributed by atoms with Crippen molar-refractivity contribution in [3.8, 4) is 0 Å². The maximum absolute atomic E-state index is 12.2. The summed E-state index contributed by atoms with van der Waals surface area (Å²) >= 11 is 0. The number of hydrogen-bond donors (Lipinski definition) is 0. The van der Waals surface area contributed by atoms with Crippen LogP contribution >= 0.6 is 0 Å². The van der Waals surface area contributed by atoms with Gasteiger partial charge in [0.2, 0.25) is 0 Å². The molecule has 0 aromatic heterocycles. The molecule has 4 aliphatic carbocycles. The van der Waals surface area contributed by atoms with E-state index < -0.39 is 0 Å². The van der Waals surface area contributed by atoms with Crippen LogP contribution in [0.4, 0.5) is 0 Å². The van der Waals surface area contributed by atoms with Crippen molar-refractivity contribution in [2.75, 3.05) is 0 Å². The van der Waals surface area contributed by atoms with Crippen molar-refractivity contribution < 1.29 is 19.1 Å². The first kappa shape index (κ1) is 23.6. The first-order valence-electron chi connectivity index (χ1n) is 12.9. The molecule has 0 aromatic rings. The average molecular weight is 443 g/mol. The van der Waals surface area contributed by atoms with E-state index in [0.717, 1.165) is 44.9 Å². The van der Waals surface area contributed by atoms with Crippen molar-refractivity contribution in [2.45, 2.75) is 105 Å². The Labute approximate surface area is 194 Å². The highest BCUT2D eigenvalue weighted by atomic mass is 16.5. The summed E-state index contributed by atoms with van der Waals surface area (Å²) in [7, 11) is 0. The zero-order chi connectivity index (χ0) is 23.3. The molecule has 4 aliphatic rings. The Kier molecular flexibility index (Phi) is 6.37. The summed E-state index contributed by atoms with van der Waals surface area (Å²) in [6, 6.07) is 0. The molecule has 0 radical (unpaired) electrons. The molecule has 0 spiro atoms. The Morgan fingerprint density at radius 1 is 1.06 bits per heavy atom. The molecule has 3 saturated carbocycles. The van der Waals surface area contributed by atoms with Crippen molar-refractivity contribution in [3.05, 3.63) is 23.3 Å². The molecular formula is C28H42O4. The number of ether oxygens (including phenoxy) is 2. The molecule has 0 saturated heterocycles. The highest BCUT2D eigenvalue weighted by molar-refractivity contribution is 5.66. The number of hydrogen-bond acceptors (Lipinski definition) is 4. The lowest BCUT2D eigenvalue weighted by Crippen LogP contribution is -2.48. The smallest absolute Gasteiger partial charge is 0.302 e. The normalized spacial score (nSPS) is 44.6. The van der Waals surface area contributed by atoms with Gasteiger partial charge < -0.3 is 9.47 Å². The van der Waals surface area contributed by atoms with Gasteiger partial charge in [-0.1, -0.05) is 44.1 Å². The topological polar surface area (TPSA) is 52.6 Å². The van der Waals surface area contributed by atoms with E-state index >= 15 is 0 Å². The molecular weight excluding hydrogens is 400 g/mol. The summed E-state index contributed by atoms with van der Waals surface area (Å²) in [6.45, 7) is 12.3. The number of fused-ring (bicyclic) bond motifs is 2. The van der Waals surface area contributed by atoms with Crippen molar-refractivity contribution >= 4 is 11.9 Å². The molecule has 8 atom stereocenters. The van der Waals surface area contributed by atoms with E-state index in [1.165, 1.54) is 18.9 Å². The van der Waals surface area contributed by atoms with Gasteiger partial charge in [0.25, 0.3) is 0 Å². The van der Waals surface area contributed by atoms with E-state index in [-0.39, 0.29) is 35.0 Å². The highest BCUT2D eigenvalue weighted by Gasteiger charge is 2.59. The third-order valence-corrected chi connectivity index (χ3v) is 9.83. The minimum atomic E-state index is -0.167. The molecule has 0 heterocycles. The summed E-state index contributed by atoms with van der Waals surface area (Å²) in [5.74, 6) is 1.14. The minimum Gasteiger partial charge on any atom is -0.462 e. The van der Waals surface area contributed by atoms with Gasteiger partial charge in [-0.3, -0.25) is 9.59 Å². The Morgan fingerprint density at radius 3 is 2.41 bits per heavy atom. The molecule has 4 heteroatoms. The lowest BCUT2D eigenvalue weighted by Gasteiger charge is -2.49. The number of esters is 2. The molecule has 0 N–H and O–H groups in total. The SMILES string of the molecule is C/C=C1/C(C2CC[C@]3(C)C(CC)=CCC3[C@H]2OC(C)=O)CC2[C@@H](OC(C)=O)CCC[C@]12C. The number of allylic oxidation sites excluding steroid dienone is 4. The largest absolute Gasteiger partial charge is 0.462 e. The maximum Gasteiger partial charge on any atom is 0.302 e. The Bertz CT molecular complexity index is 825. The van der Waals surface area contributed by atoms with Crippen molar-refractivity contribution in [1.82, 2.24) is 0 Å². The van der Waals surface area contributed by atoms with Crippen molar-refractivity contribution in [2.24, 2.45) is 34.5 Å². The zero-order valence-corrected chi connectivity index (χ0v) is 20.9. The van der Waals surface area contributed by atoms with Crippen LogP contribution < -0.4 is 0 Å². The summed E-state index contributed by atoms with van der Waals surface area (Å²) in [5, 5.41) is 0. The predicted octanol–water partition coefficient (Wildman–Crippen LogP) is 6.40. The summed E-state index contributed by atoms with van der Waals surface area (Å²) in [6.07, 6.45) is 13.3. The van der Waals surface area contributed by atoms with E-state index in [1.807, 2.05) is 0 Å². The molecule has 0 bridgehead atoms. The van der Waals surface area contributed by atoms with Crippen LogP contribution in [-0.4, -0.2) is 24.1 Å². The van der Waals surface area contributed by atoms with Gasteiger partial charge in [0.05, 0.1) is 0 Å². The summed E-state index contributed by atoms with van der Waals surface area (Å²) in [5.41, 5.74) is 3.29. The number of carbonyl (C=O) groups excluding carboxylic acids is 2. The first-order chi connectivity index (χ1) is 15.2. The van der Waals surface area contributed by atoms with Crippen LogP contribution in [0.2, 0.25) is 0 Å². The van der Waals surface area contributed by atoms with Crippen LogP contribution in [0.25, 0.3) is 0 Å². The first-order valence-corrected chi connectivity index (χ1v) is 12.9. The molecule has 0 aliphatic heterocycles. The van der Waals surface area contributed by atoms with Gasteiger partial charge >= 0.3 is 11.9 Å². The third kappa shape index (κ3) is 3.66. The van der Waals surface area contributed by atoms with Gasteiger partial charge in [0, 0.05) is 31.6 Å². The van der Waals surface area contributed by atoms with E-state index in [0.29, 0.717) is 23.7 Å². The lowest BCUT2D eigenvalue weighted by molar-refractivity contribution is -0.162. The fourth-order valence-electron chi connectivity index (χ4n) is 8.48. The molecule has 3 fully saturated rings. The van der Waals surface area contributed by atoms with Crippen LogP contribution in [0.1, 0.15) is 92.9 Å². The van der Waals surface area contributed by atoms with Crippen LogP contribution in [0.5, 0.6) is 0 Å². The molecule has 4 rings (SSSR count). The maximum atomic E-state index is 12.2. The lowest BCUT2D eigenvalue weighted by atomic mass is 9.58. The summed E-state index contributed by atoms with van der Waals surface area (Å²) in [4.78, 5) is 24.1. The number of carbonyl (C=O) groups is 2. The Hall–Kier alpha value is -1.58. The van der Waals surface area contributed by atoms with Gasteiger partial charge in [0.1, 0.15) is 12.2 Å². The molecule has 0 amide bonds. The highest BCUT2D eigenvalue weighted by Crippen LogP contribution is 2.64. The fraction of sp³-hybridized carbons (Fsp3) is 0.786. The van der Waals surface area contributed by atoms with E-state index in [1.54, 1.807) is 12.5 Å². The quantitative estimate of drug-likeness (QED) is 0.374. The summed E-state index contributed by atoms with van der Waals surface area (Å²) < 4.78 is 12.0. The number of rotatable bonds is 4. The van der Waals surface area contributed by atoms with Gasteiger partial charge in [0.15, 0.2) is 0 Å². The second kappa shape index (κ2) is 8.65. The van der Waals surface area contributed by atoms with Crippen molar-refractivity contribution in [3.63, 3.8) is 0 Å². The van der Waals surface area contributed by atoms with Crippen LogP contribution in [0, 0.1) is 34.5 Å².